The Balaban J connectivity index is 2.42. The molecule has 0 aromatic heterocycles. The van der Waals surface area contributed by atoms with E-state index in [2.05, 4.69) is 6.92 Å². The van der Waals surface area contributed by atoms with E-state index in [9.17, 15) is 0 Å². The molecule has 0 aliphatic heterocycles. The number of hydrogen-bond acceptors (Lipinski definition) is 3. The van der Waals surface area contributed by atoms with Crippen molar-refractivity contribution in [2.24, 2.45) is 5.73 Å². The topological polar surface area (TPSA) is 44.5 Å². The molecule has 3 nitrogen and oxygen atoms in total. The van der Waals surface area contributed by atoms with Gasteiger partial charge in [-0.05, 0) is 31.5 Å². The Bertz CT molecular complexity index is 356. The van der Waals surface area contributed by atoms with Crippen molar-refractivity contribution in [1.29, 1.82) is 0 Å². The van der Waals surface area contributed by atoms with Crippen LogP contribution in [-0.4, -0.2) is 19.8 Å². The predicted octanol–water partition coefficient (Wildman–Crippen LogP) is 3.56. The van der Waals surface area contributed by atoms with E-state index in [0.717, 1.165) is 30.8 Å². The molecule has 0 spiro atoms. The van der Waals surface area contributed by atoms with Crippen LogP contribution in [0.25, 0.3) is 0 Å². The van der Waals surface area contributed by atoms with Gasteiger partial charge >= 0.3 is 0 Å². The van der Waals surface area contributed by atoms with E-state index >= 15 is 0 Å². The summed E-state index contributed by atoms with van der Waals surface area (Å²) >= 11 is 5.94. The molecule has 2 N–H and O–H groups in total. The van der Waals surface area contributed by atoms with Gasteiger partial charge in [0.05, 0.1) is 6.61 Å². The Morgan fingerprint density at radius 2 is 2.06 bits per heavy atom. The van der Waals surface area contributed by atoms with Crippen molar-refractivity contribution in [3.63, 3.8) is 0 Å². The van der Waals surface area contributed by atoms with Gasteiger partial charge in [-0.2, -0.15) is 0 Å². The molecule has 4 heteroatoms. The highest BCUT2D eigenvalue weighted by atomic mass is 35.5. The zero-order valence-corrected chi connectivity index (χ0v) is 11.9. The lowest BCUT2D eigenvalue weighted by atomic mass is 10.1. The van der Waals surface area contributed by atoms with E-state index < -0.39 is 0 Å². The molecule has 1 aromatic carbocycles. The van der Waals surface area contributed by atoms with Gasteiger partial charge in [0.25, 0.3) is 0 Å². The maximum absolute atomic E-state index is 5.94. The molecule has 0 heterocycles. The largest absolute Gasteiger partial charge is 0.491 e. The molecular weight excluding hydrogens is 250 g/mol. The number of halogens is 1. The van der Waals surface area contributed by atoms with Crippen LogP contribution in [0.1, 0.15) is 38.3 Å². The first-order chi connectivity index (χ1) is 8.65. The van der Waals surface area contributed by atoms with Gasteiger partial charge < -0.3 is 15.2 Å². The highest BCUT2D eigenvalue weighted by molar-refractivity contribution is 6.30. The molecule has 0 aliphatic rings. The molecule has 1 rings (SSSR count). The molecule has 0 fully saturated rings. The predicted molar refractivity (Wildman–Crippen MR) is 75.3 cm³/mol. The second-order valence-electron chi connectivity index (χ2n) is 4.29. The van der Waals surface area contributed by atoms with Crippen LogP contribution in [-0.2, 0) is 4.74 Å². The third-order valence-corrected chi connectivity index (χ3v) is 2.82. The van der Waals surface area contributed by atoms with E-state index in [1.54, 1.807) is 6.07 Å². The highest BCUT2D eigenvalue weighted by Crippen LogP contribution is 2.27. The molecule has 0 saturated heterocycles. The van der Waals surface area contributed by atoms with Gasteiger partial charge in [0.1, 0.15) is 12.4 Å². The highest BCUT2D eigenvalue weighted by Gasteiger charge is 2.08. The molecule has 1 unspecified atom stereocenters. The minimum atomic E-state index is -0.0975. The van der Waals surface area contributed by atoms with Crippen LogP contribution >= 0.6 is 11.6 Å². The number of rotatable bonds is 8. The maximum Gasteiger partial charge on any atom is 0.124 e. The van der Waals surface area contributed by atoms with E-state index in [-0.39, 0.29) is 6.04 Å². The smallest absolute Gasteiger partial charge is 0.124 e. The van der Waals surface area contributed by atoms with E-state index in [4.69, 9.17) is 26.8 Å². The summed E-state index contributed by atoms with van der Waals surface area (Å²) in [7, 11) is 0. The molecule has 0 amide bonds. The van der Waals surface area contributed by atoms with Crippen molar-refractivity contribution < 1.29 is 9.47 Å². The molecule has 0 radical (unpaired) electrons. The first-order valence-electron chi connectivity index (χ1n) is 6.40. The zero-order chi connectivity index (χ0) is 13.4. The van der Waals surface area contributed by atoms with Crippen molar-refractivity contribution in [3.8, 4) is 5.75 Å². The summed E-state index contributed by atoms with van der Waals surface area (Å²) < 4.78 is 11.1. The quantitative estimate of drug-likeness (QED) is 0.736. The van der Waals surface area contributed by atoms with Gasteiger partial charge in [0.2, 0.25) is 0 Å². The Hall–Kier alpha value is -0.770. The normalized spacial score (nSPS) is 12.4. The minimum absolute atomic E-state index is 0.0975. The zero-order valence-electron chi connectivity index (χ0n) is 11.1. The van der Waals surface area contributed by atoms with Gasteiger partial charge in [-0.15, -0.1) is 0 Å². The second kappa shape index (κ2) is 8.35. The van der Waals surface area contributed by atoms with E-state index in [1.165, 1.54) is 0 Å². The van der Waals surface area contributed by atoms with Crippen LogP contribution in [0.2, 0.25) is 5.02 Å². The van der Waals surface area contributed by atoms with Crippen LogP contribution in [0.5, 0.6) is 5.75 Å². The van der Waals surface area contributed by atoms with Gasteiger partial charge in [0.15, 0.2) is 0 Å². The lowest BCUT2D eigenvalue weighted by Crippen LogP contribution is -2.11. The number of ether oxygens (including phenoxy) is 2. The van der Waals surface area contributed by atoms with E-state index in [0.29, 0.717) is 18.2 Å². The fourth-order valence-electron chi connectivity index (χ4n) is 1.57. The maximum atomic E-state index is 5.94. The molecular formula is C14H22ClNO2. The Labute approximate surface area is 114 Å². The van der Waals surface area contributed by atoms with Crippen LogP contribution in [0.3, 0.4) is 0 Å². The third-order valence-electron chi connectivity index (χ3n) is 2.59. The molecule has 18 heavy (non-hydrogen) atoms. The number of benzene rings is 1. The van der Waals surface area contributed by atoms with Crippen LogP contribution in [0, 0.1) is 0 Å². The molecule has 0 bridgehead atoms. The summed E-state index contributed by atoms with van der Waals surface area (Å²) in [5.74, 6) is 0.786. The Kier molecular flexibility index (Phi) is 7.09. The summed E-state index contributed by atoms with van der Waals surface area (Å²) in [5.41, 5.74) is 6.81. The van der Waals surface area contributed by atoms with Crippen molar-refractivity contribution in [2.45, 2.75) is 32.7 Å². The average molecular weight is 272 g/mol. The number of unbranched alkanes of at least 4 members (excludes halogenated alkanes) is 1. The fraction of sp³-hybridized carbons (Fsp3) is 0.571. The monoisotopic (exact) mass is 271 g/mol. The SMILES string of the molecule is CCCCOCCOc1ccc(Cl)cc1C(C)N. The van der Waals surface area contributed by atoms with Crippen LogP contribution in [0.15, 0.2) is 18.2 Å². The van der Waals surface area contributed by atoms with Crippen molar-refractivity contribution >= 4 is 11.6 Å². The standard InChI is InChI=1S/C14H22ClNO2/c1-3-4-7-17-8-9-18-14-6-5-12(15)10-13(14)11(2)16/h5-6,10-11H,3-4,7-9,16H2,1-2H3. The van der Waals surface area contributed by atoms with Gasteiger partial charge in [0, 0.05) is 23.2 Å². The van der Waals surface area contributed by atoms with Gasteiger partial charge in [-0.25, -0.2) is 0 Å². The van der Waals surface area contributed by atoms with Crippen LogP contribution < -0.4 is 10.5 Å². The fourth-order valence-corrected chi connectivity index (χ4v) is 1.75. The van der Waals surface area contributed by atoms with Crippen LogP contribution in [0.4, 0.5) is 0 Å². The van der Waals surface area contributed by atoms with E-state index in [1.807, 2.05) is 19.1 Å². The summed E-state index contributed by atoms with van der Waals surface area (Å²) in [6.45, 7) is 5.98. The summed E-state index contributed by atoms with van der Waals surface area (Å²) in [4.78, 5) is 0. The average Bonchev–Trinajstić information content (AvgIpc) is 2.35. The molecule has 1 aromatic rings. The Morgan fingerprint density at radius 1 is 1.28 bits per heavy atom. The molecule has 0 aliphatic carbocycles. The molecule has 102 valence electrons. The molecule has 0 saturated carbocycles. The lowest BCUT2D eigenvalue weighted by molar-refractivity contribution is 0.0976. The number of nitrogens with two attached hydrogens (primary N) is 1. The summed E-state index contributed by atoms with van der Waals surface area (Å²) in [6, 6.07) is 5.41. The van der Waals surface area contributed by atoms with Gasteiger partial charge in [-0.3, -0.25) is 0 Å². The first kappa shape index (κ1) is 15.3. The lowest BCUT2D eigenvalue weighted by Gasteiger charge is -2.14. The van der Waals surface area contributed by atoms with Crippen molar-refractivity contribution in [2.75, 3.05) is 19.8 Å². The molecule has 1 atom stereocenters. The van der Waals surface area contributed by atoms with Crippen molar-refractivity contribution in [3.05, 3.63) is 28.8 Å². The summed E-state index contributed by atoms with van der Waals surface area (Å²) in [5, 5.41) is 0.675. The number of hydrogen-bond donors (Lipinski definition) is 1. The second-order valence-corrected chi connectivity index (χ2v) is 4.72. The van der Waals surface area contributed by atoms with Crippen molar-refractivity contribution in [1.82, 2.24) is 0 Å². The Morgan fingerprint density at radius 3 is 2.72 bits per heavy atom. The van der Waals surface area contributed by atoms with Gasteiger partial charge in [-0.1, -0.05) is 24.9 Å². The summed E-state index contributed by atoms with van der Waals surface area (Å²) in [6.07, 6.45) is 2.24. The third kappa shape index (κ3) is 5.25. The first-order valence-corrected chi connectivity index (χ1v) is 6.78. The minimum Gasteiger partial charge on any atom is -0.491 e.